The highest BCUT2D eigenvalue weighted by Crippen LogP contribution is 2.33. The largest absolute Gasteiger partial charge is 0.485 e. The molecule has 6 nitrogen and oxygen atoms in total. The summed E-state index contributed by atoms with van der Waals surface area (Å²) in [6.45, 7) is 0.523. The molecule has 0 radical (unpaired) electrons. The number of benzene rings is 2. The van der Waals surface area contributed by atoms with Crippen LogP contribution in [-0.2, 0) is 9.84 Å². The van der Waals surface area contributed by atoms with Gasteiger partial charge in [0.25, 0.3) is 6.43 Å². The summed E-state index contributed by atoms with van der Waals surface area (Å²) in [6, 6.07) is 7.72. The van der Waals surface area contributed by atoms with Crippen LogP contribution in [0.25, 0.3) is 0 Å². The average Bonchev–Trinajstić information content (AvgIpc) is 2.60. The van der Waals surface area contributed by atoms with Gasteiger partial charge in [-0.3, -0.25) is 0 Å². The van der Waals surface area contributed by atoms with E-state index in [9.17, 15) is 22.0 Å². The minimum atomic E-state index is -3.82. The van der Waals surface area contributed by atoms with Crippen LogP contribution in [0.5, 0.6) is 5.75 Å². The maximum atomic E-state index is 13.2. The topological polar surface area (TPSA) is 75.7 Å². The van der Waals surface area contributed by atoms with Gasteiger partial charge in [-0.25, -0.2) is 22.0 Å². The number of nitrogens with one attached hydrogen (secondary N) is 1. The molecule has 1 fully saturated rings. The number of halogens is 4. The first-order valence-electron chi connectivity index (χ1n) is 8.35. The van der Waals surface area contributed by atoms with Crippen LogP contribution in [0.1, 0.15) is 12.0 Å². The Labute approximate surface area is 176 Å². The summed E-state index contributed by atoms with van der Waals surface area (Å²) in [7, 11) is -3.82. The standard InChI is InChI=1S/C18H16Cl2F2N2O4S/c1-29(26,27)15-6-5-10(7-12(15)17(21)22)23-18(25)24-8-11(9-24)28-14-4-2-3-13(19)16(14)20/h2-7,11,17H,8-9H2,1H3,(H,23,25). The van der Waals surface area contributed by atoms with Gasteiger partial charge in [0, 0.05) is 17.5 Å². The van der Waals surface area contributed by atoms with Gasteiger partial charge in [-0.15, -0.1) is 0 Å². The molecule has 1 aliphatic heterocycles. The molecular formula is C18H16Cl2F2N2O4S. The van der Waals surface area contributed by atoms with Crippen LogP contribution in [0.4, 0.5) is 19.3 Å². The van der Waals surface area contributed by atoms with Crippen LogP contribution < -0.4 is 10.1 Å². The fraction of sp³-hybridized carbons (Fsp3) is 0.278. The number of hydrogen-bond acceptors (Lipinski definition) is 4. The summed E-state index contributed by atoms with van der Waals surface area (Å²) in [4.78, 5) is 13.2. The van der Waals surface area contributed by atoms with Gasteiger partial charge in [-0.1, -0.05) is 29.3 Å². The first-order chi connectivity index (χ1) is 13.6. The highest BCUT2D eigenvalue weighted by Gasteiger charge is 2.33. The van der Waals surface area contributed by atoms with Crippen LogP contribution in [0.15, 0.2) is 41.3 Å². The number of carbonyl (C=O) groups excluding carboxylic acids is 1. The summed E-state index contributed by atoms with van der Waals surface area (Å²) < 4.78 is 55.4. The molecule has 0 aliphatic carbocycles. The third-order valence-electron chi connectivity index (χ3n) is 4.24. The predicted octanol–water partition coefficient (Wildman–Crippen LogP) is 4.63. The Bertz CT molecular complexity index is 1040. The van der Waals surface area contributed by atoms with E-state index in [0.29, 0.717) is 10.8 Å². The minimum Gasteiger partial charge on any atom is -0.485 e. The highest BCUT2D eigenvalue weighted by atomic mass is 35.5. The Balaban J connectivity index is 1.62. The van der Waals surface area contributed by atoms with E-state index in [-0.39, 0.29) is 29.9 Å². The molecule has 0 atom stereocenters. The molecule has 1 aliphatic rings. The zero-order valence-corrected chi connectivity index (χ0v) is 17.4. The molecule has 0 unspecified atom stereocenters. The van der Waals surface area contributed by atoms with Gasteiger partial charge >= 0.3 is 6.03 Å². The van der Waals surface area contributed by atoms with Gasteiger partial charge in [-0.2, -0.15) is 0 Å². The third-order valence-corrected chi connectivity index (χ3v) is 6.21. The zero-order valence-electron chi connectivity index (χ0n) is 15.0. The molecule has 0 spiro atoms. The number of likely N-dealkylation sites (tertiary alicyclic amines) is 1. The van der Waals surface area contributed by atoms with E-state index in [4.69, 9.17) is 27.9 Å². The number of carbonyl (C=O) groups is 1. The van der Waals surface area contributed by atoms with Crippen molar-refractivity contribution >= 4 is 44.8 Å². The van der Waals surface area contributed by atoms with Gasteiger partial charge in [-0.05, 0) is 30.3 Å². The number of rotatable bonds is 5. The molecule has 1 heterocycles. The molecule has 0 aromatic heterocycles. The van der Waals surface area contributed by atoms with Crippen molar-refractivity contribution in [1.82, 2.24) is 4.90 Å². The van der Waals surface area contributed by atoms with Gasteiger partial charge in [0.05, 0.1) is 23.0 Å². The van der Waals surface area contributed by atoms with E-state index in [0.717, 1.165) is 18.4 Å². The molecule has 1 N–H and O–H groups in total. The molecule has 2 aromatic rings. The van der Waals surface area contributed by atoms with Crippen molar-refractivity contribution in [2.45, 2.75) is 17.4 Å². The second kappa shape index (κ2) is 8.33. The van der Waals surface area contributed by atoms with Gasteiger partial charge in [0.2, 0.25) is 0 Å². The van der Waals surface area contributed by atoms with Crippen molar-refractivity contribution in [3.63, 3.8) is 0 Å². The number of hydrogen-bond donors (Lipinski definition) is 1. The number of alkyl halides is 2. The zero-order chi connectivity index (χ0) is 21.3. The number of amides is 2. The van der Waals surface area contributed by atoms with Gasteiger partial charge in [0.15, 0.2) is 9.84 Å². The summed E-state index contributed by atoms with van der Waals surface area (Å²) in [6.07, 6.45) is -2.44. The van der Waals surface area contributed by atoms with Crippen molar-refractivity contribution in [2.24, 2.45) is 0 Å². The number of anilines is 1. The van der Waals surface area contributed by atoms with Crippen molar-refractivity contribution < 1.29 is 26.7 Å². The molecule has 1 saturated heterocycles. The SMILES string of the molecule is CS(=O)(=O)c1ccc(NC(=O)N2CC(Oc3cccc(Cl)c3Cl)C2)cc1C(F)F. The Hall–Kier alpha value is -2.10. The molecule has 2 amide bonds. The second-order valence-corrected chi connectivity index (χ2v) is 9.22. The maximum absolute atomic E-state index is 13.2. The Morgan fingerprint density at radius 3 is 2.55 bits per heavy atom. The van der Waals surface area contributed by atoms with Crippen molar-refractivity contribution in [3.8, 4) is 5.75 Å². The summed E-state index contributed by atoms with van der Waals surface area (Å²) in [5, 5.41) is 3.11. The lowest BCUT2D eigenvalue weighted by atomic mass is 10.1. The third kappa shape index (κ3) is 4.91. The fourth-order valence-electron chi connectivity index (χ4n) is 2.77. The van der Waals surface area contributed by atoms with Crippen molar-refractivity contribution in [1.29, 1.82) is 0 Å². The lowest BCUT2D eigenvalue weighted by Gasteiger charge is -2.39. The van der Waals surface area contributed by atoms with E-state index in [1.165, 1.54) is 11.0 Å². The minimum absolute atomic E-state index is 0.0694. The lowest BCUT2D eigenvalue weighted by Crippen LogP contribution is -2.57. The molecule has 0 saturated carbocycles. The van der Waals surface area contributed by atoms with E-state index in [1.54, 1.807) is 18.2 Å². The van der Waals surface area contributed by atoms with Crippen LogP contribution >= 0.6 is 23.2 Å². The van der Waals surface area contributed by atoms with Gasteiger partial charge in [0.1, 0.15) is 16.9 Å². The van der Waals surface area contributed by atoms with E-state index >= 15 is 0 Å². The average molecular weight is 465 g/mol. The Morgan fingerprint density at radius 2 is 1.93 bits per heavy atom. The normalized spacial score (nSPS) is 14.6. The van der Waals surface area contributed by atoms with Crippen molar-refractivity contribution in [3.05, 3.63) is 52.0 Å². The van der Waals surface area contributed by atoms with E-state index < -0.39 is 32.8 Å². The number of nitrogens with zero attached hydrogens (tertiary/aromatic N) is 1. The Morgan fingerprint density at radius 1 is 1.24 bits per heavy atom. The molecule has 3 rings (SSSR count). The predicted molar refractivity (Wildman–Crippen MR) is 106 cm³/mol. The fourth-order valence-corrected chi connectivity index (χ4v) is 4.00. The molecule has 2 aromatic carbocycles. The molecule has 29 heavy (non-hydrogen) atoms. The molecular weight excluding hydrogens is 449 g/mol. The monoisotopic (exact) mass is 464 g/mol. The summed E-state index contributed by atoms with van der Waals surface area (Å²) in [5.74, 6) is 0.405. The smallest absolute Gasteiger partial charge is 0.322 e. The number of ether oxygens (including phenoxy) is 1. The van der Waals surface area contributed by atoms with Gasteiger partial charge < -0.3 is 15.0 Å². The molecule has 11 heteroatoms. The quantitative estimate of drug-likeness (QED) is 0.699. The van der Waals surface area contributed by atoms with Crippen LogP contribution in [0.3, 0.4) is 0 Å². The van der Waals surface area contributed by atoms with Crippen molar-refractivity contribution in [2.75, 3.05) is 24.7 Å². The second-order valence-electron chi connectivity index (χ2n) is 6.45. The van der Waals surface area contributed by atoms with Crippen LogP contribution in [-0.4, -0.2) is 44.8 Å². The number of urea groups is 1. The maximum Gasteiger partial charge on any atom is 0.322 e. The van der Waals surface area contributed by atoms with Crippen LogP contribution in [0, 0.1) is 0 Å². The van der Waals surface area contributed by atoms with E-state index in [2.05, 4.69) is 5.32 Å². The molecule has 0 bridgehead atoms. The first-order valence-corrected chi connectivity index (χ1v) is 11.0. The Kier molecular flexibility index (Phi) is 6.21. The van der Waals surface area contributed by atoms with E-state index in [1.807, 2.05) is 0 Å². The highest BCUT2D eigenvalue weighted by molar-refractivity contribution is 7.90. The number of sulfone groups is 1. The summed E-state index contributed by atoms with van der Waals surface area (Å²) in [5.41, 5.74) is -0.592. The first kappa shape index (κ1) is 21.6. The van der Waals surface area contributed by atoms with Crippen LogP contribution in [0.2, 0.25) is 10.0 Å². The summed E-state index contributed by atoms with van der Waals surface area (Å²) >= 11 is 12.0. The molecule has 156 valence electrons. The lowest BCUT2D eigenvalue weighted by molar-refractivity contribution is 0.0494.